The molecule has 1 aliphatic rings. The minimum atomic E-state index is -0.464. The number of carbonyl (C=O) groups is 1. The molecule has 0 saturated carbocycles. The standard InChI is InChI=1S/C12H19N5O/c1-7-9(8(2)17-16-7)6-15-11-3-4-14-5-10(11)12(13)18/h3-5,7-9,16-17H,6H2,1-2H3,(H2,13,18)(H,14,15). The fourth-order valence-electron chi connectivity index (χ4n) is 2.24. The molecule has 1 saturated heterocycles. The van der Waals surface area contributed by atoms with Gasteiger partial charge in [0.05, 0.1) is 11.3 Å². The van der Waals surface area contributed by atoms with E-state index in [9.17, 15) is 4.79 Å². The summed E-state index contributed by atoms with van der Waals surface area (Å²) in [5, 5.41) is 3.28. The Hall–Kier alpha value is -1.66. The Labute approximate surface area is 106 Å². The summed E-state index contributed by atoms with van der Waals surface area (Å²) in [6.07, 6.45) is 3.13. The highest BCUT2D eigenvalue weighted by atomic mass is 16.1. The second-order valence-electron chi connectivity index (χ2n) is 4.70. The molecule has 0 radical (unpaired) electrons. The van der Waals surface area contributed by atoms with E-state index in [2.05, 4.69) is 35.0 Å². The fourth-order valence-corrected chi connectivity index (χ4v) is 2.24. The van der Waals surface area contributed by atoms with E-state index in [-0.39, 0.29) is 0 Å². The van der Waals surface area contributed by atoms with Crippen LogP contribution in [-0.2, 0) is 0 Å². The first-order chi connectivity index (χ1) is 8.59. The molecule has 1 aromatic heterocycles. The van der Waals surface area contributed by atoms with Crippen LogP contribution in [0.25, 0.3) is 0 Å². The van der Waals surface area contributed by atoms with E-state index in [4.69, 9.17) is 5.73 Å². The number of amides is 1. The summed E-state index contributed by atoms with van der Waals surface area (Å²) in [6, 6.07) is 2.53. The predicted octanol–water partition coefficient (Wildman–Crippen LogP) is 0.0934. The Morgan fingerprint density at radius 2 is 2.11 bits per heavy atom. The third-order valence-electron chi connectivity index (χ3n) is 3.44. The monoisotopic (exact) mass is 249 g/mol. The van der Waals surface area contributed by atoms with Crippen LogP contribution in [0, 0.1) is 5.92 Å². The lowest BCUT2D eigenvalue weighted by molar-refractivity contribution is 0.100. The number of anilines is 1. The molecule has 5 N–H and O–H groups in total. The molecule has 98 valence electrons. The molecular weight excluding hydrogens is 230 g/mol. The van der Waals surface area contributed by atoms with E-state index in [0.717, 1.165) is 12.2 Å². The van der Waals surface area contributed by atoms with E-state index < -0.39 is 5.91 Å². The number of hydrazine groups is 1. The Kier molecular flexibility index (Phi) is 3.78. The molecule has 6 heteroatoms. The van der Waals surface area contributed by atoms with Gasteiger partial charge >= 0.3 is 0 Å². The molecule has 1 amide bonds. The topological polar surface area (TPSA) is 92.1 Å². The Morgan fingerprint density at radius 1 is 1.44 bits per heavy atom. The van der Waals surface area contributed by atoms with Crippen molar-refractivity contribution >= 4 is 11.6 Å². The maximum absolute atomic E-state index is 11.3. The van der Waals surface area contributed by atoms with E-state index in [1.54, 1.807) is 12.3 Å². The smallest absolute Gasteiger partial charge is 0.252 e. The normalized spacial score (nSPS) is 27.1. The van der Waals surface area contributed by atoms with Crippen molar-refractivity contribution in [1.29, 1.82) is 0 Å². The van der Waals surface area contributed by atoms with Crippen molar-refractivity contribution in [2.75, 3.05) is 11.9 Å². The average Bonchev–Trinajstić information content (AvgIpc) is 2.67. The second-order valence-corrected chi connectivity index (χ2v) is 4.70. The summed E-state index contributed by atoms with van der Waals surface area (Å²) < 4.78 is 0. The van der Waals surface area contributed by atoms with Gasteiger partial charge in [-0.1, -0.05) is 0 Å². The summed E-state index contributed by atoms with van der Waals surface area (Å²) in [5.74, 6) is -0.0201. The van der Waals surface area contributed by atoms with E-state index in [0.29, 0.717) is 23.6 Å². The molecule has 0 aromatic carbocycles. The number of rotatable bonds is 4. The highest BCUT2D eigenvalue weighted by Crippen LogP contribution is 2.18. The lowest BCUT2D eigenvalue weighted by Crippen LogP contribution is -2.30. The van der Waals surface area contributed by atoms with Gasteiger partial charge < -0.3 is 11.1 Å². The average molecular weight is 249 g/mol. The van der Waals surface area contributed by atoms with Crippen LogP contribution in [0.5, 0.6) is 0 Å². The molecule has 0 spiro atoms. The van der Waals surface area contributed by atoms with Gasteiger partial charge in [0.1, 0.15) is 0 Å². The minimum absolute atomic E-state index is 0.381. The minimum Gasteiger partial charge on any atom is -0.384 e. The van der Waals surface area contributed by atoms with Crippen LogP contribution in [0.1, 0.15) is 24.2 Å². The number of nitrogens with zero attached hydrogens (tertiary/aromatic N) is 1. The first-order valence-corrected chi connectivity index (χ1v) is 6.08. The second kappa shape index (κ2) is 5.32. The number of hydrogen-bond acceptors (Lipinski definition) is 5. The molecule has 2 atom stereocenters. The Balaban J connectivity index is 2.04. The van der Waals surface area contributed by atoms with Crippen LogP contribution in [0.15, 0.2) is 18.5 Å². The molecule has 0 bridgehead atoms. The van der Waals surface area contributed by atoms with Gasteiger partial charge in [0, 0.05) is 36.9 Å². The van der Waals surface area contributed by atoms with Crippen LogP contribution in [0.3, 0.4) is 0 Å². The molecule has 1 fully saturated rings. The van der Waals surface area contributed by atoms with Gasteiger partial charge in [-0.05, 0) is 19.9 Å². The third kappa shape index (κ3) is 2.60. The highest BCUT2D eigenvalue weighted by molar-refractivity contribution is 5.98. The van der Waals surface area contributed by atoms with Crippen molar-refractivity contribution in [3.8, 4) is 0 Å². The lowest BCUT2D eigenvalue weighted by Gasteiger charge is -2.19. The zero-order valence-corrected chi connectivity index (χ0v) is 10.6. The van der Waals surface area contributed by atoms with E-state index >= 15 is 0 Å². The van der Waals surface area contributed by atoms with Crippen LogP contribution in [-0.4, -0.2) is 29.5 Å². The van der Waals surface area contributed by atoms with Gasteiger partial charge in [0.15, 0.2) is 0 Å². The van der Waals surface area contributed by atoms with Gasteiger partial charge in [0.2, 0.25) is 0 Å². The largest absolute Gasteiger partial charge is 0.384 e. The molecule has 18 heavy (non-hydrogen) atoms. The molecule has 1 aromatic rings. The molecule has 2 unspecified atom stereocenters. The summed E-state index contributed by atoms with van der Waals surface area (Å²) in [4.78, 5) is 15.2. The fraction of sp³-hybridized carbons (Fsp3) is 0.500. The lowest BCUT2D eigenvalue weighted by atomic mass is 9.96. The SMILES string of the molecule is CC1NNC(C)C1CNc1ccncc1C(N)=O. The first kappa shape index (κ1) is 12.8. The van der Waals surface area contributed by atoms with Gasteiger partial charge in [0.25, 0.3) is 5.91 Å². The molecule has 1 aliphatic heterocycles. The number of carbonyl (C=O) groups excluding carboxylic acids is 1. The van der Waals surface area contributed by atoms with E-state index in [1.165, 1.54) is 6.20 Å². The van der Waals surface area contributed by atoms with Crippen LogP contribution in [0.4, 0.5) is 5.69 Å². The zero-order chi connectivity index (χ0) is 13.1. The van der Waals surface area contributed by atoms with Crippen molar-refractivity contribution < 1.29 is 4.79 Å². The number of nitrogens with two attached hydrogens (primary N) is 1. The maximum Gasteiger partial charge on any atom is 0.252 e. The van der Waals surface area contributed by atoms with Crippen molar-refractivity contribution in [2.24, 2.45) is 11.7 Å². The Bertz CT molecular complexity index is 426. The molecule has 6 nitrogen and oxygen atoms in total. The number of aromatic nitrogens is 1. The van der Waals surface area contributed by atoms with Crippen molar-refractivity contribution in [1.82, 2.24) is 15.8 Å². The van der Waals surface area contributed by atoms with Gasteiger partial charge in [-0.2, -0.15) is 0 Å². The number of pyridine rings is 1. The molecule has 2 rings (SSSR count). The van der Waals surface area contributed by atoms with Crippen molar-refractivity contribution in [2.45, 2.75) is 25.9 Å². The summed E-state index contributed by atoms with van der Waals surface area (Å²) >= 11 is 0. The number of nitrogens with one attached hydrogen (secondary N) is 3. The van der Waals surface area contributed by atoms with Crippen molar-refractivity contribution in [3.05, 3.63) is 24.0 Å². The summed E-state index contributed by atoms with van der Waals surface area (Å²) in [5.41, 5.74) is 12.9. The molecule has 0 aliphatic carbocycles. The quantitative estimate of drug-likeness (QED) is 0.607. The van der Waals surface area contributed by atoms with Crippen molar-refractivity contribution in [3.63, 3.8) is 0 Å². The Morgan fingerprint density at radius 3 is 2.72 bits per heavy atom. The molecular formula is C12H19N5O. The maximum atomic E-state index is 11.3. The van der Waals surface area contributed by atoms with Crippen LogP contribution in [0.2, 0.25) is 0 Å². The predicted molar refractivity (Wildman–Crippen MR) is 69.9 cm³/mol. The number of hydrogen-bond donors (Lipinski definition) is 4. The third-order valence-corrected chi connectivity index (χ3v) is 3.44. The number of primary amides is 1. The highest BCUT2D eigenvalue weighted by Gasteiger charge is 2.29. The van der Waals surface area contributed by atoms with Gasteiger partial charge in [-0.3, -0.25) is 20.6 Å². The molecule has 2 heterocycles. The summed E-state index contributed by atoms with van der Waals surface area (Å²) in [6.45, 7) is 5.03. The van der Waals surface area contributed by atoms with E-state index in [1.807, 2.05) is 0 Å². The van der Waals surface area contributed by atoms with Gasteiger partial charge in [-0.15, -0.1) is 0 Å². The summed E-state index contributed by atoms with van der Waals surface area (Å²) in [7, 11) is 0. The zero-order valence-electron chi connectivity index (χ0n) is 10.6. The van der Waals surface area contributed by atoms with Crippen LogP contribution >= 0.6 is 0 Å². The van der Waals surface area contributed by atoms with Gasteiger partial charge in [-0.25, -0.2) is 0 Å². The first-order valence-electron chi connectivity index (χ1n) is 6.08. The van der Waals surface area contributed by atoms with Crippen LogP contribution < -0.4 is 21.9 Å².